The second-order valence-corrected chi connectivity index (χ2v) is 10.0. The van der Waals surface area contributed by atoms with E-state index in [1.807, 2.05) is 71.2 Å². The maximum atomic E-state index is 13.0. The largest absolute Gasteiger partial charge is 0.347 e. The maximum Gasteiger partial charge on any atom is 0.261 e. The minimum absolute atomic E-state index is 0.0715. The summed E-state index contributed by atoms with van der Waals surface area (Å²) in [6.45, 7) is 3.59. The lowest BCUT2D eigenvalue weighted by Crippen LogP contribution is -2.38. The zero-order valence-corrected chi connectivity index (χ0v) is 20.4. The molecule has 6 nitrogen and oxygen atoms in total. The molecule has 4 aromatic rings. The Morgan fingerprint density at radius 2 is 1.97 bits per heavy atom. The number of thiophene rings is 1. The fourth-order valence-corrected chi connectivity index (χ4v) is 5.67. The third-order valence-corrected chi connectivity index (χ3v) is 7.83. The van der Waals surface area contributed by atoms with Crippen molar-refractivity contribution in [3.8, 4) is 10.6 Å². The van der Waals surface area contributed by atoms with Crippen molar-refractivity contribution in [1.29, 1.82) is 0 Å². The van der Waals surface area contributed by atoms with E-state index in [1.54, 1.807) is 11.3 Å². The van der Waals surface area contributed by atoms with E-state index in [4.69, 9.17) is 0 Å². The van der Waals surface area contributed by atoms with Crippen molar-refractivity contribution in [1.82, 2.24) is 20.2 Å². The topological polar surface area (TPSA) is 75.2 Å². The Morgan fingerprint density at radius 1 is 1.12 bits per heavy atom. The molecule has 0 atom stereocenters. The molecule has 0 saturated carbocycles. The van der Waals surface area contributed by atoms with Crippen molar-refractivity contribution < 1.29 is 9.59 Å². The first-order chi connectivity index (χ1) is 16.6. The molecule has 5 rings (SSSR count). The van der Waals surface area contributed by atoms with Crippen molar-refractivity contribution in [3.05, 3.63) is 92.4 Å². The molecule has 34 heavy (non-hydrogen) atoms. The summed E-state index contributed by atoms with van der Waals surface area (Å²) in [5.41, 5.74) is 6.09. The molecule has 0 fully saturated rings. The number of rotatable bonds is 6. The number of pyridine rings is 1. The standard InChI is InChI=1S/C26H24N4O2S2/c1-17-22(14-28-25(32)23-8-5-11-33-23)21-9-10-30(15-19(21)13-27-17)24(31)12-20-16-34-26(29-20)18-6-3-2-4-7-18/h2-8,11,13,16H,9-10,12,14-15H2,1H3,(H,28,32). The van der Waals surface area contributed by atoms with Gasteiger partial charge in [0.05, 0.1) is 17.0 Å². The summed E-state index contributed by atoms with van der Waals surface area (Å²) in [6.07, 6.45) is 2.91. The quantitative estimate of drug-likeness (QED) is 0.429. The van der Waals surface area contributed by atoms with E-state index in [2.05, 4.69) is 15.3 Å². The number of hydrogen-bond donors (Lipinski definition) is 1. The van der Waals surface area contributed by atoms with Gasteiger partial charge in [0.1, 0.15) is 5.01 Å². The summed E-state index contributed by atoms with van der Waals surface area (Å²) >= 11 is 2.99. The van der Waals surface area contributed by atoms with Crippen LogP contribution in [0.3, 0.4) is 0 Å². The van der Waals surface area contributed by atoms with E-state index < -0.39 is 0 Å². The highest BCUT2D eigenvalue weighted by Gasteiger charge is 2.25. The van der Waals surface area contributed by atoms with Gasteiger partial charge in [-0.25, -0.2) is 4.98 Å². The monoisotopic (exact) mass is 488 g/mol. The summed E-state index contributed by atoms with van der Waals surface area (Å²) in [5, 5.41) is 7.81. The average Bonchev–Trinajstić information content (AvgIpc) is 3.56. The summed E-state index contributed by atoms with van der Waals surface area (Å²) in [4.78, 5) is 37.2. The van der Waals surface area contributed by atoms with Gasteiger partial charge in [0, 0.05) is 42.5 Å². The molecule has 1 aliphatic heterocycles. The van der Waals surface area contributed by atoms with Crippen LogP contribution in [0, 0.1) is 6.92 Å². The molecule has 3 aromatic heterocycles. The third-order valence-electron chi connectivity index (χ3n) is 6.02. The second kappa shape index (κ2) is 9.87. The van der Waals surface area contributed by atoms with Gasteiger partial charge < -0.3 is 10.2 Å². The van der Waals surface area contributed by atoms with Gasteiger partial charge in [-0.2, -0.15) is 0 Å². The number of hydrogen-bond acceptors (Lipinski definition) is 6. The van der Waals surface area contributed by atoms with Crippen molar-refractivity contribution in [2.24, 2.45) is 0 Å². The van der Waals surface area contributed by atoms with Crippen LogP contribution in [0.25, 0.3) is 10.6 Å². The molecule has 0 saturated heterocycles. The molecular weight excluding hydrogens is 464 g/mol. The van der Waals surface area contributed by atoms with Gasteiger partial charge in [-0.15, -0.1) is 22.7 Å². The van der Waals surface area contributed by atoms with Crippen LogP contribution >= 0.6 is 22.7 Å². The lowest BCUT2D eigenvalue weighted by atomic mass is 9.94. The SMILES string of the molecule is Cc1ncc2c(c1CNC(=O)c1cccs1)CCN(C(=O)Cc1csc(-c3ccccc3)n1)C2. The number of aromatic nitrogens is 2. The fourth-order valence-electron chi connectivity index (χ4n) is 4.20. The normalized spacial score (nSPS) is 12.9. The predicted molar refractivity (Wildman–Crippen MR) is 135 cm³/mol. The van der Waals surface area contributed by atoms with Gasteiger partial charge in [-0.3, -0.25) is 14.6 Å². The van der Waals surface area contributed by atoms with Gasteiger partial charge in [-0.05, 0) is 41.5 Å². The highest BCUT2D eigenvalue weighted by molar-refractivity contribution is 7.13. The molecule has 172 valence electrons. The Hall–Kier alpha value is -3.36. The molecule has 0 radical (unpaired) electrons. The van der Waals surface area contributed by atoms with Gasteiger partial charge in [0.15, 0.2) is 0 Å². The van der Waals surface area contributed by atoms with Crippen molar-refractivity contribution >= 4 is 34.5 Å². The summed E-state index contributed by atoms with van der Waals surface area (Å²) in [5.74, 6) is 0.00133. The maximum absolute atomic E-state index is 13.0. The van der Waals surface area contributed by atoms with Crippen molar-refractivity contribution in [2.45, 2.75) is 32.9 Å². The molecule has 4 heterocycles. The molecule has 1 aliphatic rings. The van der Waals surface area contributed by atoms with Gasteiger partial charge in [0.2, 0.25) is 5.91 Å². The van der Waals surface area contributed by atoms with Crippen LogP contribution in [0.15, 0.2) is 59.4 Å². The molecule has 0 unspecified atom stereocenters. The Labute approximate surface area is 206 Å². The molecule has 1 N–H and O–H groups in total. The van der Waals surface area contributed by atoms with Crippen LogP contribution in [0.1, 0.15) is 37.7 Å². The molecule has 2 amide bonds. The van der Waals surface area contributed by atoms with Gasteiger partial charge in [0.25, 0.3) is 5.91 Å². The van der Waals surface area contributed by atoms with Crippen LogP contribution in [-0.2, 0) is 30.7 Å². The van der Waals surface area contributed by atoms with E-state index in [1.165, 1.54) is 16.9 Å². The molecule has 0 spiro atoms. The number of aryl methyl sites for hydroxylation is 1. The van der Waals surface area contributed by atoms with E-state index in [-0.39, 0.29) is 11.8 Å². The van der Waals surface area contributed by atoms with Gasteiger partial charge in [-0.1, -0.05) is 36.4 Å². The van der Waals surface area contributed by atoms with Gasteiger partial charge >= 0.3 is 0 Å². The number of carbonyl (C=O) groups is 2. The zero-order valence-electron chi connectivity index (χ0n) is 18.8. The summed E-state index contributed by atoms with van der Waals surface area (Å²) < 4.78 is 0. The van der Waals surface area contributed by atoms with Crippen LogP contribution in [-0.4, -0.2) is 33.2 Å². The smallest absolute Gasteiger partial charge is 0.261 e. The zero-order chi connectivity index (χ0) is 23.5. The number of fused-ring (bicyclic) bond motifs is 1. The minimum atomic E-state index is -0.0715. The molecule has 0 aliphatic carbocycles. The summed E-state index contributed by atoms with van der Waals surface area (Å²) in [6, 6.07) is 13.7. The molecule has 1 aromatic carbocycles. The van der Waals surface area contributed by atoms with Crippen molar-refractivity contribution in [2.75, 3.05) is 6.54 Å². The number of nitrogens with zero attached hydrogens (tertiary/aromatic N) is 3. The fraction of sp³-hybridized carbons (Fsp3) is 0.231. The lowest BCUT2D eigenvalue weighted by molar-refractivity contribution is -0.131. The third kappa shape index (κ3) is 4.78. The number of amides is 2. The molecule has 8 heteroatoms. The number of carbonyl (C=O) groups excluding carboxylic acids is 2. The first kappa shape index (κ1) is 22.4. The highest BCUT2D eigenvalue weighted by atomic mass is 32.1. The van der Waals surface area contributed by atoms with Crippen LogP contribution in [0.2, 0.25) is 0 Å². The number of benzene rings is 1. The lowest BCUT2D eigenvalue weighted by Gasteiger charge is -2.30. The highest BCUT2D eigenvalue weighted by Crippen LogP contribution is 2.26. The number of thiazole rings is 1. The van der Waals surface area contributed by atoms with E-state index in [0.29, 0.717) is 30.9 Å². The first-order valence-corrected chi connectivity index (χ1v) is 12.9. The molecule has 0 bridgehead atoms. The predicted octanol–water partition coefficient (Wildman–Crippen LogP) is 4.63. The van der Waals surface area contributed by atoms with Crippen molar-refractivity contribution in [3.63, 3.8) is 0 Å². The average molecular weight is 489 g/mol. The van der Waals surface area contributed by atoms with Crippen LogP contribution < -0.4 is 5.32 Å². The number of nitrogens with one attached hydrogen (secondary N) is 1. The molecular formula is C26H24N4O2S2. The van der Waals surface area contributed by atoms with E-state index in [0.717, 1.165) is 39.5 Å². The van der Waals surface area contributed by atoms with Crippen LogP contribution in [0.5, 0.6) is 0 Å². The second-order valence-electron chi connectivity index (χ2n) is 8.24. The Kier molecular flexibility index (Phi) is 6.51. The van der Waals surface area contributed by atoms with E-state index in [9.17, 15) is 9.59 Å². The Bertz CT molecular complexity index is 1320. The van der Waals surface area contributed by atoms with Crippen LogP contribution in [0.4, 0.5) is 0 Å². The first-order valence-electron chi connectivity index (χ1n) is 11.1. The summed E-state index contributed by atoms with van der Waals surface area (Å²) in [7, 11) is 0. The Morgan fingerprint density at radius 3 is 2.76 bits per heavy atom. The minimum Gasteiger partial charge on any atom is -0.347 e. The van der Waals surface area contributed by atoms with E-state index >= 15 is 0 Å². The Balaban J connectivity index is 1.25.